The van der Waals surface area contributed by atoms with Gasteiger partial charge in [0.05, 0.1) is 5.56 Å². The van der Waals surface area contributed by atoms with Gasteiger partial charge in [0.1, 0.15) is 11.5 Å². The van der Waals surface area contributed by atoms with Crippen LogP contribution in [0.25, 0.3) is 21.5 Å². The van der Waals surface area contributed by atoms with E-state index in [2.05, 4.69) is 0 Å². The molecule has 0 radical (unpaired) electrons. The summed E-state index contributed by atoms with van der Waals surface area (Å²) in [6.45, 7) is 2.02. The lowest BCUT2D eigenvalue weighted by molar-refractivity contribution is 0.0737. The highest BCUT2D eigenvalue weighted by Crippen LogP contribution is 2.61. The lowest BCUT2D eigenvalue weighted by Crippen LogP contribution is -2.12. The molecule has 4 aromatic carbocycles. The SMILES string of the molecule is Cc1ccc2c(O)c3c(c(OC(=O)c4cccc5ccccc45)c2c1)C1CCC3C1. The van der Waals surface area contributed by atoms with E-state index in [4.69, 9.17) is 4.74 Å². The Bertz CT molecular complexity index is 1350. The molecule has 0 heterocycles. The average Bonchev–Trinajstić information content (AvgIpc) is 3.38. The molecule has 1 saturated carbocycles. The van der Waals surface area contributed by atoms with Crippen LogP contribution in [-0.2, 0) is 0 Å². The summed E-state index contributed by atoms with van der Waals surface area (Å²) in [5.74, 6) is 1.40. The third-order valence-electron chi connectivity index (χ3n) is 6.92. The molecule has 0 aliphatic heterocycles. The highest BCUT2D eigenvalue weighted by atomic mass is 16.5. The van der Waals surface area contributed by atoms with E-state index in [9.17, 15) is 9.90 Å². The van der Waals surface area contributed by atoms with Crippen molar-refractivity contribution in [1.82, 2.24) is 0 Å². The van der Waals surface area contributed by atoms with Crippen LogP contribution in [0.3, 0.4) is 0 Å². The highest BCUT2D eigenvalue weighted by molar-refractivity contribution is 6.07. The van der Waals surface area contributed by atoms with Gasteiger partial charge in [0.25, 0.3) is 0 Å². The Morgan fingerprint density at radius 2 is 1.67 bits per heavy atom. The monoisotopic (exact) mass is 394 g/mol. The first kappa shape index (κ1) is 17.5. The fourth-order valence-electron chi connectivity index (χ4n) is 5.58. The van der Waals surface area contributed by atoms with E-state index in [1.54, 1.807) is 0 Å². The molecule has 2 aliphatic carbocycles. The van der Waals surface area contributed by atoms with Crippen molar-refractivity contribution >= 4 is 27.5 Å². The summed E-state index contributed by atoms with van der Waals surface area (Å²) < 4.78 is 6.18. The molecule has 0 amide bonds. The first-order valence-electron chi connectivity index (χ1n) is 10.6. The normalized spacial score (nSPS) is 19.4. The molecule has 0 aromatic heterocycles. The first-order valence-corrected chi connectivity index (χ1v) is 10.6. The minimum atomic E-state index is -0.342. The molecule has 3 heteroatoms. The predicted octanol–water partition coefficient (Wildman–Crippen LogP) is 6.59. The van der Waals surface area contributed by atoms with Crippen molar-refractivity contribution in [1.29, 1.82) is 0 Å². The van der Waals surface area contributed by atoms with Crippen LogP contribution in [0.15, 0.2) is 60.7 Å². The number of ether oxygens (including phenoxy) is 1. The summed E-state index contributed by atoms with van der Waals surface area (Å²) in [6, 6.07) is 19.6. The molecule has 2 unspecified atom stereocenters. The Kier molecular flexibility index (Phi) is 3.70. The number of carbonyl (C=O) groups is 1. The second-order valence-electron chi connectivity index (χ2n) is 8.68. The van der Waals surface area contributed by atoms with Crippen LogP contribution in [0.4, 0.5) is 0 Å². The van der Waals surface area contributed by atoms with Crippen molar-refractivity contribution in [2.45, 2.75) is 38.0 Å². The second kappa shape index (κ2) is 6.33. The van der Waals surface area contributed by atoms with Crippen molar-refractivity contribution in [3.8, 4) is 11.5 Å². The topological polar surface area (TPSA) is 46.5 Å². The number of fused-ring (bicyclic) bond motifs is 7. The summed E-state index contributed by atoms with van der Waals surface area (Å²) in [4.78, 5) is 13.4. The number of benzene rings is 4. The fraction of sp³-hybridized carbons (Fsp3) is 0.222. The number of phenolic OH excluding ortho intramolecular Hbond substituents is 1. The number of esters is 1. The lowest BCUT2D eigenvalue weighted by atomic mass is 9.87. The van der Waals surface area contributed by atoms with Gasteiger partial charge in [-0.25, -0.2) is 4.79 Å². The second-order valence-corrected chi connectivity index (χ2v) is 8.68. The molecule has 2 atom stereocenters. The molecule has 3 nitrogen and oxygen atoms in total. The van der Waals surface area contributed by atoms with Gasteiger partial charge in [-0.2, -0.15) is 0 Å². The molecule has 2 bridgehead atoms. The third kappa shape index (κ3) is 2.41. The van der Waals surface area contributed by atoms with Crippen LogP contribution in [-0.4, -0.2) is 11.1 Å². The maximum Gasteiger partial charge on any atom is 0.344 e. The summed E-state index contributed by atoms with van der Waals surface area (Å²) >= 11 is 0. The van der Waals surface area contributed by atoms with Crippen LogP contribution >= 0.6 is 0 Å². The molecule has 30 heavy (non-hydrogen) atoms. The molecule has 148 valence electrons. The van der Waals surface area contributed by atoms with E-state index in [0.717, 1.165) is 57.5 Å². The maximum absolute atomic E-state index is 13.4. The predicted molar refractivity (Wildman–Crippen MR) is 119 cm³/mol. The largest absolute Gasteiger partial charge is 0.507 e. The van der Waals surface area contributed by atoms with Crippen LogP contribution in [0.1, 0.15) is 58.1 Å². The number of rotatable bonds is 2. The first-order chi connectivity index (χ1) is 14.6. The van der Waals surface area contributed by atoms with E-state index in [0.29, 0.717) is 28.9 Å². The maximum atomic E-state index is 13.4. The van der Waals surface area contributed by atoms with Gasteiger partial charge in [-0.05, 0) is 60.9 Å². The van der Waals surface area contributed by atoms with Gasteiger partial charge in [-0.15, -0.1) is 0 Å². The van der Waals surface area contributed by atoms with Crippen LogP contribution in [0.5, 0.6) is 11.5 Å². The van der Waals surface area contributed by atoms with E-state index >= 15 is 0 Å². The van der Waals surface area contributed by atoms with Crippen LogP contribution < -0.4 is 4.74 Å². The molecule has 2 aliphatic rings. The Hall–Kier alpha value is -3.33. The van der Waals surface area contributed by atoms with Gasteiger partial charge in [0.15, 0.2) is 0 Å². The molecule has 4 aromatic rings. The number of hydrogen-bond donors (Lipinski definition) is 1. The smallest absolute Gasteiger partial charge is 0.344 e. The van der Waals surface area contributed by atoms with E-state index < -0.39 is 0 Å². The molecule has 1 fully saturated rings. The van der Waals surface area contributed by atoms with Crippen molar-refractivity contribution in [3.63, 3.8) is 0 Å². The van der Waals surface area contributed by atoms with Gasteiger partial charge in [0, 0.05) is 21.9 Å². The summed E-state index contributed by atoms with van der Waals surface area (Å²) in [6.07, 6.45) is 3.23. The number of carbonyl (C=O) groups excluding carboxylic acids is 1. The Labute approximate surface area is 174 Å². The van der Waals surface area contributed by atoms with Gasteiger partial charge >= 0.3 is 5.97 Å². The third-order valence-corrected chi connectivity index (χ3v) is 6.92. The number of aryl methyl sites for hydroxylation is 1. The van der Waals surface area contributed by atoms with E-state index in [1.165, 1.54) is 0 Å². The van der Waals surface area contributed by atoms with Crippen molar-refractivity contribution in [2.75, 3.05) is 0 Å². The zero-order chi connectivity index (χ0) is 20.4. The van der Waals surface area contributed by atoms with Gasteiger partial charge < -0.3 is 9.84 Å². The number of phenols is 1. The fourth-order valence-corrected chi connectivity index (χ4v) is 5.58. The zero-order valence-corrected chi connectivity index (χ0v) is 16.8. The van der Waals surface area contributed by atoms with E-state index in [-0.39, 0.29) is 5.97 Å². The van der Waals surface area contributed by atoms with Crippen LogP contribution in [0, 0.1) is 6.92 Å². The summed E-state index contributed by atoms with van der Waals surface area (Å²) in [7, 11) is 0. The van der Waals surface area contributed by atoms with Crippen molar-refractivity contribution in [2.24, 2.45) is 0 Å². The zero-order valence-electron chi connectivity index (χ0n) is 16.8. The standard InChI is InChI=1S/C27H22O3/c1-15-9-12-20-22(13-15)26(24-18-11-10-17(14-18)23(24)25(20)28)30-27(29)21-8-4-6-16-5-2-3-7-19(16)21/h2-9,12-13,17-18,28H,10-11,14H2,1H3. The minimum absolute atomic E-state index is 0.342. The highest BCUT2D eigenvalue weighted by Gasteiger charge is 2.42. The van der Waals surface area contributed by atoms with Gasteiger partial charge in [-0.1, -0.05) is 54.1 Å². The minimum Gasteiger partial charge on any atom is -0.507 e. The molecule has 0 spiro atoms. The summed E-state index contributed by atoms with van der Waals surface area (Å²) in [5, 5.41) is 14.6. The van der Waals surface area contributed by atoms with Crippen LogP contribution in [0.2, 0.25) is 0 Å². The Morgan fingerprint density at radius 1 is 0.900 bits per heavy atom. The quantitative estimate of drug-likeness (QED) is 0.308. The van der Waals surface area contributed by atoms with Gasteiger partial charge in [0.2, 0.25) is 0 Å². The molecule has 6 rings (SSSR count). The summed E-state index contributed by atoms with van der Waals surface area (Å²) in [5.41, 5.74) is 3.70. The van der Waals surface area contributed by atoms with Crippen molar-refractivity contribution < 1.29 is 14.6 Å². The Balaban J connectivity index is 1.56. The average molecular weight is 394 g/mol. The molecule has 1 N–H and O–H groups in total. The number of aromatic hydroxyl groups is 1. The van der Waals surface area contributed by atoms with Crippen molar-refractivity contribution in [3.05, 3.63) is 82.9 Å². The van der Waals surface area contributed by atoms with E-state index in [1.807, 2.05) is 67.6 Å². The molecular weight excluding hydrogens is 372 g/mol. The number of hydrogen-bond acceptors (Lipinski definition) is 3. The van der Waals surface area contributed by atoms with Gasteiger partial charge in [-0.3, -0.25) is 0 Å². The lowest BCUT2D eigenvalue weighted by Gasteiger charge is -2.22. The molecule has 0 saturated heterocycles. The molecular formula is C27H22O3. The Morgan fingerprint density at radius 3 is 2.53 bits per heavy atom.